The van der Waals surface area contributed by atoms with Crippen LogP contribution in [0.3, 0.4) is 0 Å². The van der Waals surface area contributed by atoms with Crippen LogP contribution in [0.25, 0.3) is 0 Å². The van der Waals surface area contributed by atoms with E-state index in [-0.39, 0.29) is 23.7 Å². The molecule has 0 aromatic carbocycles. The molecule has 0 rings (SSSR count). The summed E-state index contributed by atoms with van der Waals surface area (Å²) in [5.74, 6) is 0.443. The summed E-state index contributed by atoms with van der Waals surface area (Å²) < 4.78 is 0. The summed E-state index contributed by atoms with van der Waals surface area (Å²) in [4.78, 5) is 24.0. The van der Waals surface area contributed by atoms with Gasteiger partial charge < -0.3 is 11.5 Å². The van der Waals surface area contributed by atoms with Crippen molar-refractivity contribution in [2.24, 2.45) is 29.2 Å². The van der Waals surface area contributed by atoms with Gasteiger partial charge in [0.2, 0.25) is 11.8 Å². The zero-order chi connectivity index (χ0) is 30.4. The fraction of sp³-hybridized carbons (Fsp3) is 0.946. The van der Waals surface area contributed by atoms with Crippen LogP contribution in [0.1, 0.15) is 207 Å². The van der Waals surface area contributed by atoms with Crippen molar-refractivity contribution in [3.63, 3.8) is 0 Å². The maximum Gasteiger partial charge on any atom is 0.220 e. The van der Waals surface area contributed by atoms with Gasteiger partial charge in [-0.25, -0.2) is 0 Å². The first-order valence-electron chi connectivity index (χ1n) is 18.5. The van der Waals surface area contributed by atoms with Gasteiger partial charge in [0.1, 0.15) is 0 Å². The number of carbonyl (C=O) groups is 2. The zero-order valence-corrected chi connectivity index (χ0v) is 28.2. The van der Waals surface area contributed by atoms with Gasteiger partial charge in [-0.2, -0.15) is 0 Å². The summed E-state index contributed by atoms with van der Waals surface area (Å²) in [7, 11) is 0. The van der Waals surface area contributed by atoms with Crippen molar-refractivity contribution in [2.45, 2.75) is 207 Å². The van der Waals surface area contributed by atoms with Crippen LogP contribution in [0.5, 0.6) is 0 Å². The van der Waals surface area contributed by atoms with Crippen LogP contribution in [0.2, 0.25) is 0 Å². The van der Waals surface area contributed by atoms with Crippen molar-refractivity contribution >= 4 is 11.8 Å². The Hall–Kier alpha value is -1.06. The summed E-state index contributed by atoms with van der Waals surface area (Å²) in [6.07, 6.45) is 36.1. The van der Waals surface area contributed by atoms with Gasteiger partial charge >= 0.3 is 0 Å². The second-order valence-corrected chi connectivity index (χ2v) is 13.5. The third kappa shape index (κ3) is 27.5. The lowest BCUT2D eigenvalue weighted by molar-refractivity contribution is -0.123. The van der Waals surface area contributed by atoms with E-state index in [0.717, 1.165) is 44.9 Å². The SMILES string of the molecule is CCCCCCCCCCCCC(CCCCCCC(C)CC(CCCCCCCCCCCC)C(N)=O)C(N)=O. The molecule has 41 heavy (non-hydrogen) atoms. The Labute approximate surface area is 257 Å². The molecule has 4 N–H and O–H groups in total. The molecule has 0 fully saturated rings. The van der Waals surface area contributed by atoms with Gasteiger partial charge in [0.15, 0.2) is 0 Å². The standard InChI is InChI=1S/C37H74N2O2/c1-4-6-8-10-12-14-16-18-20-25-29-34(36(38)40)30-26-23-22-24-28-33(3)32-35(37(39)41)31-27-21-19-17-15-13-11-9-7-5-2/h33-35H,4-32H2,1-3H3,(H2,38,40)(H2,39,41). The minimum atomic E-state index is -0.104. The molecule has 0 aromatic rings. The van der Waals surface area contributed by atoms with Gasteiger partial charge in [-0.3, -0.25) is 9.59 Å². The van der Waals surface area contributed by atoms with E-state index in [9.17, 15) is 9.59 Å². The quantitative estimate of drug-likeness (QED) is 0.0759. The number of nitrogens with two attached hydrogens (primary N) is 2. The van der Waals surface area contributed by atoms with E-state index >= 15 is 0 Å². The normalized spacial score (nSPS) is 13.7. The monoisotopic (exact) mass is 579 g/mol. The van der Waals surface area contributed by atoms with Crippen LogP contribution in [0.4, 0.5) is 0 Å². The molecular weight excluding hydrogens is 504 g/mol. The van der Waals surface area contributed by atoms with Crippen LogP contribution >= 0.6 is 0 Å². The van der Waals surface area contributed by atoms with E-state index in [1.807, 2.05) is 0 Å². The third-order valence-electron chi connectivity index (χ3n) is 9.30. The molecule has 4 heteroatoms. The molecule has 3 atom stereocenters. The Bertz CT molecular complexity index is 579. The molecule has 0 heterocycles. The molecule has 0 spiro atoms. The molecule has 0 saturated carbocycles. The van der Waals surface area contributed by atoms with Gasteiger partial charge in [0.25, 0.3) is 0 Å². The second kappa shape index (κ2) is 30.4. The fourth-order valence-corrected chi connectivity index (χ4v) is 6.40. The Kier molecular flexibility index (Phi) is 29.6. The summed E-state index contributed by atoms with van der Waals surface area (Å²) in [5.41, 5.74) is 11.5. The predicted octanol–water partition coefficient (Wildman–Crippen LogP) is 11.2. The van der Waals surface area contributed by atoms with Gasteiger partial charge in [-0.15, -0.1) is 0 Å². The molecule has 0 aromatic heterocycles. The summed E-state index contributed by atoms with van der Waals surface area (Å²) >= 11 is 0. The Morgan fingerprint density at radius 1 is 0.415 bits per heavy atom. The first kappa shape index (κ1) is 39.9. The van der Waals surface area contributed by atoms with E-state index in [4.69, 9.17) is 11.5 Å². The summed E-state index contributed by atoms with van der Waals surface area (Å²) in [6.45, 7) is 6.82. The van der Waals surface area contributed by atoms with Crippen molar-refractivity contribution in [2.75, 3.05) is 0 Å². The number of rotatable bonds is 33. The van der Waals surface area contributed by atoms with Gasteiger partial charge in [-0.05, 0) is 31.6 Å². The molecule has 0 aliphatic heterocycles. The van der Waals surface area contributed by atoms with Gasteiger partial charge in [0, 0.05) is 11.8 Å². The summed E-state index contributed by atoms with van der Waals surface area (Å²) in [5, 5.41) is 0. The van der Waals surface area contributed by atoms with Crippen LogP contribution in [-0.2, 0) is 9.59 Å². The van der Waals surface area contributed by atoms with E-state index in [1.165, 1.54) is 141 Å². The van der Waals surface area contributed by atoms with Crippen molar-refractivity contribution in [1.29, 1.82) is 0 Å². The van der Waals surface area contributed by atoms with Crippen LogP contribution in [-0.4, -0.2) is 11.8 Å². The highest BCUT2D eigenvalue weighted by Gasteiger charge is 2.18. The number of carbonyl (C=O) groups excluding carboxylic acids is 2. The average molecular weight is 579 g/mol. The molecule has 3 unspecified atom stereocenters. The van der Waals surface area contributed by atoms with Crippen molar-refractivity contribution < 1.29 is 9.59 Å². The van der Waals surface area contributed by atoms with Gasteiger partial charge in [-0.1, -0.05) is 181 Å². The number of amides is 2. The van der Waals surface area contributed by atoms with E-state index in [0.29, 0.717) is 5.92 Å². The molecule has 4 nitrogen and oxygen atoms in total. The number of unbranched alkanes of at least 4 members (excludes halogenated alkanes) is 21. The smallest absolute Gasteiger partial charge is 0.220 e. The molecule has 0 saturated heterocycles. The number of primary amides is 2. The lowest BCUT2D eigenvalue weighted by atomic mass is 9.87. The van der Waals surface area contributed by atoms with Crippen molar-refractivity contribution in [1.82, 2.24) is 0 Å². The Morgan fingerprint density at radius 3 is 1.00 bits per heavy atom. The van der Waals surface area contributed by atoms with Crippen molar-refractivity contribution in [3.8, 4) is 0 Å². The molecule has 0 aliphatic carbocycles. The van der Waals surface area contributed by atoms with Crippen LogP contribution in [0, 0.1) is 17.8 Å². The lowest BCUT2D eigenvalue weighted by Gasteiger charge is -2.18. The largest absolute Gasteiger partial charge is 0.369 e. The van der Waals surface area contributed by atoms with Crippen molar-refractivity contribution in [3.05, 3.63) is 0 Å². The number of hydrogen-bond donors (Lipinski definition) is 2. The molecule has 0 bridgehead atoms. The minimum Gasteiger partial charge on any atom is -0.369 e. The van der Waals surface area contributed by atoms with Gasteiger partial charge in [0.05, 0.1) is 0 Å². The average Bonchev–Trinajstić information content (AvgIpc) is 2.94. The Morgan fingerprint density at radius 2 is 0.683 bits per heavy atom. The maximum atomic E-state index is 12.0. The molecule has 0 aliphatic rings. The van der Waals surface area contributed by atoms with E-state index < -0.39 is 0 Å². The first-order valence-corrected chi connectivity index (χ1v) is 18.5. The lowest BCUT2D eigenvalue weighted by Crippen LogP contribution is -2.25. The minimum absolute atomic E-state index is 0.0427. The molecule has 244 valence electrons. The van der Waals surface area contributed by atoms with E-state index in [1.54, 1.807) is 0 Å². The highest BCUT2D eigenvalue weighted by Crippen LogP contribution is 2.24. The van der Waals surface area contributed by atoms with E-state index in [2.05, 4.69) is 20.8 Å². The maximum absolute atomic E-state index is 12.0. The zero-order valence-electron chi connectivity index (χ0n) is 28.2. The second-order valence-electron chi connectivity index (χ2n) is 13.5. The topological polar surface area (TPSA) is 86.2 Å². The van der Waals surface area contributed by atoms with Crippen LogP contribution in [0.15, 0.2) is 0 Å². The first-order chi connectivity index (χ1) is 19.9. The summed E-state index contributed by atoms with van der Waals surface area (Å²) in [6, 6.07) is 0. The predicted molar refractivity (Wildman–Crippen MR) is 180 cm³/mol. The molecular formula is C37H74N2O2. The highest BCUT2D eigenvalue weighted by atomic mass is 16.1. The number of hydrogen-bond acceptors (Lipinski definition) is 2. The van der Waals surface area contributed by atoms with Crippen LogP contribution < -0.4 is 11.5 Å². The molecule has 0 radical (unpaired) electrons. The highest BCUT2D eigenvalue weighted by molar-refractivity contribution is 5.76. The fourth-order valence-electron chi connectivity index (χ4n) is 6.40. The Balaban J connectivity index is 3.82. The molecule has 2 amide bonds. The third-order valence-corrected chi connectivity index (χ3v) is 9.30.